The number of hydrogen-bond acceptors (Lipinski definition) is 4. The summed E-state index contributed by atoms with van der Waals surface area (Å²) in [5.41, 5.74) is 0.594. The lowest BCUT2D eigenvalue weighted by Gasteiger charge is -2.19. The van der Waals surface area contributed by atoms with E-state index < -0.39 is 12.0 Å². The van der Waals surface area contributed by atoms with E-state index in [2.05, 4.69) is 5.32 Å². The van der Waals surface area contributed by atoms with Gasteiger partial charge in [0.15, 0.2) is 6.10 Å². The Bertz CT molecular complexity index is 674. The van der Waals surface area contributed by atoms with Crippen molar-refractivity contribution in [2.24, 2.45) is 0 Å². The van der Waals surface area contributed by atoms with Gasteiger partial charge in [-0.15, -0.1) is 22.7 Å². The van der Waals surface area contributed by atoms with Gasteiger partial charge in [-0.05, 0) is 28.5 Å². The largest absolute Gasteiger partial charge is 0.378 e. The maximum absolute atomic E-state index is 12.4. The number of thiophene rings is 2. The first-order chi connectivity index (χ1) is 10.8. The van der Waals surface area contributed by atoms with Crippen LogP contribution in [0, 0.1) is 0 Å². The van der Waals surface area contributed by atoms with E-state index in [-0.39, 0.29) is 6.04 Å². The lowest BCUT2D eigenvalue weighted by atomic mass is 10.1. The molecule has 1 atom stereocenters. The molecule has 0 saturated heterocycles. The first-order valence-electron chi connectivity index (χ1n) is 6.86. The van der Waals surface area contributed by atoms with Gasteiger partial charge in [0.2, 0.25) is 0 Å². The Kier molecular flexibility index (Phi) is 4.68. The molecular formula is C17H15NO2S2. The van der Waals surface area contributed by atoms with Crippen LogP contribution in [0.2, 0.25) is 0 Å². The highest BCUT2D eigenvalue weighted by Crippen LogP contribution is 2.29. The molecule has 22 heavy (non-hydrogen) atoms. The Labute approximate surface area is 136 Å². The van der Waals surface area contributed by atoms with Gasteiger partial charge in [0.05, 0.1) is 6.04 Å². The second-order valence-electron chi connectivity index (χ2n) is 4.79. The normalized spacial score (nSPS) is 12.3. The molecule has 0 saturated carbocycles. The number of carbonyl (C=O) groups excluding carboxylic acids is 1. The molecule has 1 amide bonds. The summed E-state index contributed by atoms with van der Waals surface area (Å²) < 4.78 is 0. The van der Waals surface area contributed by atoms with Crippen molar-refractivity contribution in [2.45, 2.75) is 12.1 Å². The standard InChI is InChI=1S/C17H15NO2S2/c19-16(12-6-2-1-3-7-12)17(20)18-15(13-8-4-10-21-13)14-9-5-11-22-14/h1-11,15-16,19H,(H,18,20). The number of hydrogen-bond donors (Lipinski definition) is 2. The van der Waals surface area contributed by atoms with E-state index in [1.165, 1.54) is 0 Å². The van der Waals surface area contributed by atoms with Crippen LogP contribution in [-0.4, -0.2) is 11.0 Å². The fourth-order valence-electron chi connectivity index (χ4n) is 2.20. The van der Waals surface area contributed by atoms with E-state index in [0.717, 1.165) is 9.75 Å². The maximum atomic E-state index is 12.4. The molecule has 0 spiro atoms. The molecule has 2 heterocycles. The number of benzene rings is 1. The van der Waals surface area contributed by atoms with Gasteiger partial charge in [-0.25, -0.2) is 0 Å². The molecule has 3 rings (SSSR count). The minimum absolute atomic E-state index is 0.217. The first-order valence-corrected chi connectivity index (χ1v) is 8.62. The molecular weight excluding hydrogens is 314 g/mol. The molecule has 112 valence electrons. The zero-order valence-electron chi connectivity index (χ0n) is 11.7. The molecule has 2 aromatic heterocycles. The SMILES string of the molecule is O=C(NC(c1cccs1)c1cccs1)C(O)c1ccccc1. The van der Waals surface area contributed by atoms with E-state index in [4.69, 9.17) is 0 Å². The topological polar surface area (TPSA) is 49.3 Å². The fraction of sp³-hybridized carbons (Fsp3) is 0.118. The Morgan fingerprint density at radius 3 is 2.00 bits per heavy atom. The molecule has 3 aromatic rings. The molecule has 5 heteroatoms. The van der Waals surface area contributed by atoms with Crippen LogP contribution in [0.4, 0.5) is 0 Å². The van der Waals surface area contributed by atoms with E-state index in [0.29, 0.717) is 5.56 Å². The van der Waals surface area contributed by atoms with Crippen LogP contribution in [0.25, 0.3) is 0 Å². The van der Waals surface area contributed by atoms with Gasteiger partial charge < -0.3 is 10.4 Å². The van der Waals surface area contributed by atoms with Crippen molar-refractivity contribution in [3.05, 3.63) is 80.7 Å². The summed E-state index contributed by atoms with van der Waals surface area (Å²) in [6, 6.07) is 16.6. The fourth-order valence-corrected chi connectivity index (χ4v) is 3.86. The quantitative estimate of drug-likeness (QED) is 0.749. The third-order valence-electron chi connectivity index (χ3n) is 3.31. The van der Waals surface area contributed by atoms with Crippen molar-refractivity contribution < 1.29 is 9.90 Å². The number of carbonyl (C=O) groups is 1. The van der Waals surface area contributed by atoms with Crippen molar-refractivity contribution in [3.63, 3.8) is 0 Å². The molecule has 0 aliphatic carbocycles. The van der Waals surface area contributed by atoms with Crippen LogP contribution in [0.1, 0.15) is 27.5 Å². The minimum Gasteiger partial charge on any atom is -0.378 e. The molecule has 0 bridgehead atoms. The van der Waals surface area contributed by atoms with Gasteiger partial charge in [0, 0.05) is 9.75 Å². The summed E-state index contributed by atoms with van der Waals surface area (Å²) in [5, 5.41) is 17.1. The van der Waals surface area contributed by atoms with Crippen LogP contribution in [0.3, 0.4) is 0 Å². The minimum atomic E-state index is -1.16. The number of aliphatic hydroxyl groups excluding tert-OH is 1. The van der Waals surface area contributed by atoms with E-state index in [9.17, 15) is 9.90 Å². The van der Waals surface area contributed by atoms with Crippen LogP contribution >= 0.6 is 22.7 Å². The molecule has 2 N–H and O–H groups in total. The van der Waals surface area contributed by atoms with Crippen molar-refractivity contribution in [1.82, 2.24) is 5.32 Å². The second kappa shape index (κ2) is 6.87. The zero-order chi connectivity index (χ0) is 15.4. The molecule has 0 aliphatic heterocycles. The third-order valence-corrected chi connectivity index (χ3v) is 5.18. The average Bonchev–Trinajstić information content (AvgIpc) is 3.26. The summed E-state index contributed by atoms with van der Waals surface area (Å²) in [4.78, 5) is 14.5. The van der Waals surface area contributed by atoms with E-state index in [1.54, 1.807) is 34.8 Å². The number of rotatable bonds is 5. The van der Waals surface area contributed by atoms with Crippen LogP contribution < -0.4 is 5.32 Å². The summed E-state index contributed by atoms with van der Waals surface area (Å²) in [6.07, 6.45) is -1.16. The highest BCUT2D eigenvalue weighted by molar-refractivity contribution is 7.11. The Morgan fingerprint density at radius 2 is 1.50 bits per heavy atom. The van der Waals surface area contributed by atoms with Gasteiger partial charge in [-0.3, -0.25) is 4.79 Å². The lowest BCUT2D eigenvalue weighted by Crippen LogP contribution is -2.32. The predicted molar refractivity (Wildman–Crippen MR) is 90.0 cm³/mol. The number of aliphatic hydroxyl groups is 1. The molecule has 1 aromatic carbocycles. The molecule has 0 radical (unpaired) electrons. The highest BCUT2D eigenvalue weighted by Gasteiger charge is 2.23. The van der Waals surface area contributed by atoms with Crippen molar-refractivity contribution in [1.29, 1.82) is 0 Å². The summed E-state index contributed by atoms with van der Waals surface area (Å²) >= 11 is 3.18. The van der Waals surface area contributed by atoms with Crippen LogP contribution in [-0.2, 0) is 4.79 Å². The van der Waals surface area contributed by atoms with Crippen molar-refractivity contribution >= 4 is 28.6 Å². The van der Waals surface area contributed by atoms with Gasteiger partial charge >= 0.3 is 0 Å². The Hall–Kier alpha value is -1.95. The van der Waals surface area contributed by atoms with Crippen molar-refractivity contribution in [2.75, 3.05) is 0 Å². The monoisotopic (exact) mass is 329 g/mol. The van der Waals surface area contributed by atoms with Crippen LogP contribution in [0.5, 0.6) is 0 Å². The molecule has 0 aliphatic rings. The Morgan fingerprint density at radius 1 is 0.909 bits per heavy atom. The highest BCUT2D eigenvalue weighted by atomic mass is 32.1. The third kappa shape index (κ3) is 3.27. The van der Waals surface area contributed by atoms with Crippen molar-refractivity contribution in [3.8, 4) is 0 Å². The molecule has 3 nitrogen and oxygen atoms in total. The summed E-state index contributed by atoms with van der Waals surface area (Å²) in [6.45, 7) is 0. The lowest BCUT2D eigenvalue weighted by molar-refractivity contribution is -0.130. The average molecular weight is 329 g/mol. The van der Waals surface area contributed by atoms with E-state index >= 15 is 0 Å². The second-order valence-corrected chi connectivity index (χ2v) is 6.74. The molecule has 0 fully saturated rings. The Balaban J connectivity index is 1.81. The number of amides is 1. The van der Waals surface area contributed by atoms with Gasteiger partial charge in [0.25, 0.3) is 5.91 Å². The summed E-state index contributed by atoms with van der Waals surface area (Å²) in [7, 11) is 0. The number of nitrogens with one attached hydrogen (secondary N) is 1. The maximum Gasteiger partial charge on any atom is 0.254 e. The van der Waals surface area contributed by atoms with Gasteiger partial charge in [-0.2, -0.15) is 0 Å². The smallest absolute Gasteiger partial charge is 0.254 e. The van der Waals surface area contributed by atoms with E-state index in [1.807, 2.05) is 53.2 Å². The predicted octanol–water partition coefficient (Wildman–Crippen LogP) is 3.75. The zero-order valence-corrected chi connectivity index (χ0v) is 13.3. The van der Waals surface area contributed by atoms with Gasteiger partial charge in [-0.1, -0.05) is 42.5 Å². The van der Waals surface area contributed by atoms with Crippen LogP contribution in [0.15, 0.2) is 65.4 Å². The summed E-state index contributed by atoms with van der Waals surface area (Å²) in [5.74, 6) is -0.391. The molecule has 1 unspecified atom stereocenters. The first kappa shape index (κ1) is 15.0. The van der Waals surface area contributed by atoms with Gasteiger partial charge in [0.1, 0.15) is 0 Å².